The van der Waals surface area contributed by atoms with Crippen LogP contribution in [0.25, 0.3) is 0 Å². The van der Waals surface area contributed by atoms with Crippen molar-refractivity contribution in [2.45, 2.75) is 64.0 Å². The number of piperidine rings is 2. The molecule has 4 unspecified atom stereocenters. The van der Waals surface area contributed by atoms with Crippen LogP contribution in [0.2, 0.25) is 0 Å². The van der Waals surface area contributed by atoms with Gasteiger partial charge in [-0.3, -0.25) is 9.69 Å². The van der Waals surface area contributed by atoms with E-state index in [2.05, 4.69) is 16.7 Å². The average molecular weight is 293 g/mol. The fraction of sp³-hybridized carbons (Fsp3) is 0.941. The fourth-order valence-electron chi connectivity index (χ4n) is 4.86. The molecular formula is C17H31N3O. The Kier molecular flexibility index (Phi) is 4.85. The van der Waals surface area contributed by atoms with E-state index in [0.717, 1.165) is 32.0 Å². The first-order valence-corrected chi connectivity index (χ1v) is 8.91. The SMILES string of the molecule is CC1CC(N)CN(CC(=O)N2CCCC3CCCCC32)C1. The molecule has 0 radical (unpaired) electrons. The summed E-state index contributed by atoms with van der Waals surface area (Å²) in [4.78, 5) is 17.3. The molecule has 1 aliphatic carbocycles. The molecule has 0 aromatic carbocycles. The first-order valence-electron chi connectivity index (χ1n) is 8.91. The van der Waals surface area contributed by atoms with Crippen molar-refractivity contribution in [1.82, 2.24) is 9.80 Å². The van der Waals surface area contributed by atoms with Crippen molar-refractivity contribution in [3.63, 3.8) is 0 Å². The van der Waals surface area contributed by atoms with Gasteiger partial charge in [0.2, 0.25) is 5.91 Å². The summed E-state index contributed by atoms with van der Waals surface area (Å²) in [5, 5.41) is 0. The number of fused-ring (bicyclic) bond motifs is 1. The van der Waals surface area contributed by atoms with Gasteiger partial charge < -0.3 is 10.6 Å². The Labute approximate surface area is 129 Å². The molecule has 2 N–H and O–H groups in total. The van der Waals surface area contributed by atoms with E-state index in [4.69, 9.17) is 5.73 Å². The normalized spacial score (nSPS) is 38.1. The molecule has 2 heterocycles. The number of hydrogen-bond donors (Lipinski definition) is 1. The summed E-state index contributed by atoms with van der Waals surface area (Å²) in [7, 11) is 0. The largest absolute Gasteiger partial charge is 0.338 e. The average Bonchev–Trinajstić information content (AvgIpc) is 2.45. The van der Waals surface area contributed by atoms with E-state index in [0.29, 0.717) is 24.4 Å². The summed E-state index contributed by atoms with van der Waals surface area (Å²) in [5.74, 6) is 1.75. The monoisotopic (exact) mass is 293 g/mol. The van der Waals surface area contributed by atoms with E-state index in [1.165, 1.54) is 38.5 Å². The molecular weight excluding hydrogens is 262 g/mol. The van der Waals surface area contributed by atoms with Crippen LogP contribution in [-0.4, -0.2) is 54.0 Å². The number of nitrogens with zero attached hydrogens (tertiary/aromatic N) is 2. The Hall–Kier alpha value is -0.610. The van der Waals surface area contributed by atoms with Gasteiger partial charge in [-0.05, 0) is 43.9 Å². The van der Waals surface area contributed by atoms with Crippen molar-refractivity contribution in [3.8, 4) is 0 Å². The van der Waals surface area contributed by atoms with Crippen LogP contribution in [0.3, 0.4) is 0 Å². The topological polar surface area (TPSA) is 49.6 Å². The fourth-order valence-corrected chi connectivity index (χ4v) is 4.86. The maximum atomic E-state index is 12.8. The van der Waals surface area contributed by atoms with Crippen molar-refractivity contribution in [1.29, 1.82) is 0 Å². The molecule has 0 spiro atoms. The zero-order valence-electron chi connectivity index (χ0n) is 13.5. The van der Waals surface area contributed by atoms with E-state index < -0.39 is 0 Å². The third-order valence-electron chi connectivity index (χ3n) is 5.69. The molecule has 4 heteroatoms. The summed E-state index contributed by atoms with van der Waals surface area (Å²) in [5.41, 5.74) is 6.11. The lowest BCUT2D eigenvalue weighted by atomic mass is 9.78. The highest BCUT2D eigenvalue weighted by Gasteiger charge is 2.36. The lowest BCUT2D eigenvalue weighted by Crippen LogP contribution is -2.55. The molecule has 3 aliphatic rings. The van der Waals surface area contributed by atoms with Gasteiger partial charge in [-0.25, -0.2) is 0 Å². The van der Waals surface area contributed by atoms with Gasteiger partial charge in [-0.15, -0.1) is 0 Å². The number of likely N-dealkylation sites (tertiary alicyclic amines) is 2. The molecule has 3 rings (SSSR count). The van der Waals surface area contributed by atoms with Gasteiger partial charge in [0.15, 0.2) is 0 Å². The highest BCUT2D eigenvalue weighted by Crippen LogP contribution is 2.35. The molecule has 2 saturated heterocycles. The lowest BCUT2D eigenvalue weighted by molar-refractivity contribution is -0.139. The van der Waals surface area contributed by atoms with Crippen molar-refractivity contribution >= 4 is 5.91 Å². The van der Waals surface area contributed by atoms with Gasteiger partial charge in [0.05, 0.1) is 6.54 Å². The van der Waals surface area contributed by atoms with Gasteiger partial charge in [0.25, 0.3) is 0 Å². The number of hydrogen-bond acceptors (Lipinski definition) is 3. The number of carbonyl (C=O) groups excluding carboxylic acids is 1. The van der Waals surface area contributed by atoms with E-state index in [9.17, 15) is 4.79 Å². The van der Waals surface area contributed by atoms with Crippen LogP contribution < -0.4 is 5.73 Å². The second kappa shape index (κ2) is 6.66. The number of nitrogens with two attached hydrogens (primary N) is 1. The molecule has 120 valence electrons. The van der Waals surface area contributed by atoms with Crippen LogP contribution >= 0.6 is 0 Å². The van der Waals surface area contributed by atoms with Gasteiger partial charge >= 0.3 is 0 Å². The zero-order valence-corrected chi connectivity index (χ0v) is 13.5. The third-order valence-corrected chi connectivity index (χ3v) is 5.69. The minimum atomic E-state index is 0.241. The summed E-state index contributed by atoms with van der Waals surface area (Å²) in [6, 6.07) is 0.779. The molecule has 1 saturated carbocycles. The molecule has 21 heavy (non-hydrogen) atoms. The van der Waals surface area contributed by atoms with E-state index in [1.54, 1.807) is 0 Å². The second-order valence-electron chi connectivity index (χ2n) is 7.64. The molecule has 2 aliphatic heterocycles. The first-order chi connectivity index (χ1) is 10.1. The number of rotatable bonds is 2. The van der Waals surface area contributed by atoms with Crippen LogP contribution in [0.15, 0.2) is 0 Å². The standard InChI is InChI=1S/C17H31N3O/c1-13-9-15(18)11-19(10-13)12-17(21)20-8-4-6-14-5-2-3-7-16(14)20/h13-16H,2-12,18H2,1H3. The Morgan fingerprint density at radius 2 is 1.90 bits per heavy atom. The predicted molar refractivity (Wildman–Crippen MR) is 84.9 cm³/mol. The Morgan fingerprint density at radius 3 is 2.71 bits per heavy atom. The smallest absolute Gasteiger partial charge is 0.237 e. The van der Waals surface area contributed by atoms with Crippen molar-refractivity contribution in [2.24, 2.45) is 17.6 Å². The van der Waals surface area contributed by atoms with Crippen LogP contribution in [0, 0.1) is 11.8 Å². The maximum absolute atomic E-state index is 12.8. The molecule has 1 amide bonds. The van der Waals surface area contributed by atoms with Gasteiger partial charge in [-0.1, -0.05) is 19.8 Å². The molecule has 4 nitrogen and oxygen atoms in total. The summed E-state index contributed by atoms with van der Waals surface area (Å²) in [6.07, 6.45) is 8.85. The predicted octanol–water partition coefficient (Wildman–Crippen LogP) is 1.84. The highest BCUT2D eigenvalue weighted by atomic mass is 16.2. The van der Waals surface area contributed by atoms with Gasteiger partial charge in [-0.2, -0.15) is 0 Å². The molecule has 0 bridgehead atoms. The van der Waals surface area contributed by atoms with Crippen LogP contribution in [0.1, 0.15) is 51.9 Å². The Bertz CT molecular complexity index is 361. The second-order valence-corrected chi connectivity index (χ2v) is 7.64. The van der Waals surface area contributed by atoms with E-state index in [-0.39, 0.29) is 6.04 Å². The highest BCUT2D eigenvalue weighted by molar-refractivity contribution is 5.78. The minimum Gasteiger partial charge on any atom is -0.338 e. The first kappa shape index (κ1) is 15.3. The molecule has 3 fully saturated rings. The van der Waals surface area contributed by atoms with Crippen molar-refractivity contribution < 1.29 is 4.79 Å². The maximum Gasteiger partial charge on any atom is 0.237 e. The van der Waals surface area contributed by atoms with Gasteiger partial charge in [0, 0.05) is 31.7 Å². The summed E-state index contributed by atoms with van der Waals surface area (Å²) >= 11 is 0. The van der Waals surface area contributed by atoms with E-state index in [1.807, 2.05) is 0 Å². The molecule has 0 aromatic heterocycles. The van der Waals surface area contributed by atoms with Crippen LogP contribution in [-0.2, 0) is 4.79 Å². The van der Waals surface area contributed by atoms with Crippen molar-refractivity contribution in [3.05, 3.63) is 0 Å². The third kappa shape index (κ3) is 3.59. The molecule has 0 aromatic rings. The minimum absolute atomic E-state index is 0.241. The van der Waals surface area contributed by atoms with Crippen LogP contribution in [0.4, 0.5) is 0 Å². The lowest BCUT2D eigenvalue weighted by Gasteiger charge is -2.45. The summed E-state index contributed by atoms with van der Waals surface area (Å²) < 4.78 is 0. The number of amides is 1. The number of carbonyl (C=O) groups is 1. The van der Waals surface area contributed by atoms with Crippen LogP contribution in [0.5, 0.6) is 0 Å². The Balaban J connectivity index is 1.59. The Morgan fingerprint density at radius 1 is 1.14 bits per heavy atom. The zero-order chi connectivity index (χ0) is 14.8. The molecule has 4 atom stereocenters. The van der Waals surface area contributed by atoms with Gasteiger partial charge in [0.1, 0.15) is 0 Å². The quantitative estimate of drug-likeness (QED) is 0.845. The van der Waals surface area contributed by atoms with Crippen molar-refractivity contribution in [2.75, 3.05) is 26.2 Å². The summed E-state index contributed by atoms with van der Waals surface area (Å²) in [6.45, 7) is 5.73. The van der Waals surface area contributed by atoms with E-state index >= 15 is 0 Å².